The van der Waals surface area contributed by atoms with E-state index in [1.165, 1.54) is 0 Å². The Kier molecular flexibility index (Phi) is 4.81. The number of carbonyl (C=O) groups is 2. The first-order chi connectivity index (χ1) is 9.66. The number of fused-ring (bicyclic) bond motifs is 1. The number of carbonyl (C=O) groups excluding carboxylic acids is 2. The summed E-state index contributed by atoms with van der Waals surface area (Å²) in [5.41, 5.74) is 6.02. The average Bonchev–Trinajstić information content (AvgIpc) is 2.44. The second kappa shape index (κ2) is 6.79. The number of primary amides is 1. The Bertz CT molecular complexity index is 490. The van der Waals surface area contributed by atoms with Crippen LogP contribution in [0.1, 0.15) is 30.9 Å². The van der Waals surface area contributed by atoms with Crippen molar-refractivity contribution in [3.63, 3.8) is 0 Å². The quantitative estimate of drug-likeness (QED) is 0.703. The van der Waals surface area contributed by atoms with Crippen LogP contribution in [0.5, 0.6) is 5.75 Å². The zero-order valence-electron chi connectivity index (χ0n) is 11.2. The van der Waals surface area contributed by atoms with Crippen LogP contribution in [0.3, 0.4) is 0 Å². The lowest BCUT2D eigenvalue weighted by Crippen LogP contribution is -2.40. The molecule has 0 radical (unpaired) electrons. The molecule has 1 atom stereocenters. The van der Waals surface area contributed by atoms with E-state index in [1.54, 1.807) is 0 Å². The molecular formula is C14H19N3O3. The molecule has 1 unspecified atom stereocenters. The highest BCUT2D eigenvalue weighted by atomic mass is 16.5. The molecule has 0 aromatic heterocycles. The molecule has 0 bridgehead atoms. The molecule has 0 saturated carbocycles. The smallest absolute Gasteiger partial charge is 0.315 e. The molecule has 0 fully saturated rings. The van der Waals surface area contributed by atoms with E-state index in [1.807, 2.05) is 24.3 Å². The van der Waals surface area contributed by atoms with Gasteiger partial charge in [-0.15, -0.1) is 0 Å². The summed E-state index contributed by atoms with van der Waals surface area (Å²) in [6, 6.07) is 7.39. The summed E-state index contributed by atoms with van der Waals surface area (Å²) in [6.45, 7) is 1.02. The third kappa shape index (κ3) is 3.88. The first kappa shape index (κ1) is 14.2. The molecule has 0 aliphatic carbocycles. The van der Waals surface area contributed by atoms with Gasteiger partial charge in [-0.1, -0.05) is 18.2 Å². The summed E-state index contributed by atoms with van der Waals surface area (Å²) in [7, 11) is 0. The number of benzene rings is 1. The lowest BCUT2D eigenvalue weighted by Gasteiger charge is -2.26. The van der Waals surface area contributed by atoms with E-state index in [-0.39, 0.29) is 24.4 Å². The first-order valence-electron chi connectivity index (χ1n) is 6.71. The minimum absolute atomic E-state index is 0.0453. The van der Waals surface area contributed by atoms with Crippen LogP contribution in [0.2, 0.25) is 0 Å². The Morgan fingerprint density at radius 3 is 2.95 bits per heavy atom. The van der Waals surface area contributed by atoms with Gasteiger partial charge in [0.25, 0.3) is 0 Å². The van der Waals surface area contributed by atoms with E-state index in [4.69, 9.17) is 10.5 Å². The second-order valence-electron chi connectivity index (χ2n) is 4.70. The lowest BCUT2D eigenvalue weighted by molar-refractivity contribution is -0.118. The van der Waals surface area contributed by atoms with Crippen LogP contribution in [-0.2, 0) is 4.79 Å². The number of nitrogens with one attached hydrogen (secondary N) is 2. The molecule has 1 aliphatic rings. The largest absolute Gasteiger partial charge is 0.493 e. The molecule has 6 nitrogen and oxygen atoms in total. The number of urea groups is 1. The number of hydrogen-bond acceptors (Lipinski definition) is 3. The van der Waals surface area contributed by atoms with Gasteiger partial charge >= 0.3 is 6.03 Å². The van der Waals surface area contributed by atoms with Gasteiger partial charge in [0.1, 0.15) is 5.75 Å². The molecule has 20 heavy (non-hydrogen) atoms. The zero-order chi connectivity index (χ0) is 14.4. The van der Waals surface area contributed by atoms with Crippen molar-refractivity contribution in [3.05, 3.63) is 29.8 Å². The SMILES string of the molecule is NC(=O)CCCNC(=O)NC1CCOc2ccccc21. The fourth-order valence-electron chi connectivity index (χ4n) is 2.17. The van der Waals surface area contributed by atoms with Crippen molar-refractivity contribution < 1.29 is 14.3 Å². The van der Waals surface area contributed by atoms with E-state index >= 15 is 0 Å². The molecule has 108 valence electrons. The summed E-state index contributed by atoms with van der Waals surface area (Å²) < 4.78 is 5.54. The van der Waals surface area contributed by atoms with Crippen LogP contribution >= 0.6 is 0 Å². The monoisotopic (exact) mass is 277 g/mol. The van der Waals surface area contributed by atoms with Gasteiger partial charge in [-0.05, 0) is 12.5 Å². The van der Waals surface area contributed by atoms with E-state index in [2.05, 4.69) is 10.6 Å². The predicted molar refractivity (Wildman–Crippen MR) is 74.3 cm³/mol. The van der Waals surface area contributed by atoms with Crippen LogP contribution in [-0.4, -0.2) is 25.1 Å². The number of nitrogens with two attached hydrogens (primary N) is 1. The highest BCUT2D eigenvalue weighted by Gasteiger charge is 2.22. The number of amides is 3. The van der Waals surface area contributed by atoms with Crippen LogP contribution in [0, 0.1) is 0 Å². The van der Waals surface area contributed by atoms with Gasteiger partial charge in [-0.25, -0.2) is 4.79 Å². The first-order valence-corrected chi connectivity index (χ1v) is 6.71. The number of para-hydroxylation sites is 1. The molecule has 1 heterocycles. The van der Waals surface area contributed by atoms with Crippen molar-refractivity contribution in [1.82, 2.24) is 10.6 Å². The molecule has 1 aliphatic heterocycles. The maximum absolute atomic E-state index is 11.8. The predicted octanol–water partition coefficient (Wildman–Crippen LogP) is 1.07. The maximum atomic E-state index is 11.8. The maximum Gasteiger partial charge on any atom is 0.315 e. The fraction of sp³-hybridized carbons (Fsp3) is 0.429. The van der Waals surface area contributed by atoms with Gasteiger partial charge in [0.05, 0.1) is 12.6 Å². The Balaban J connectivity index is 1.82. The summed E-state index contributed by atoms with van der Waals surface area (Å²) in [5, 5.41) is 5.63. The molecule has 6 heteroatoms. The number of rotatable bonds is 5. The van der Waals surface area contributed by atoms with Gasteiger partial charge in [-0.2, -0.15) is 0 Å². The van der Waals surface area contributed by atoms with Crippen LogP contribution in [0.4, 0.5) is 4.79 Å². The fourth-order valence-corrected chi connectivity index (χ4v) is 2.17. The van der Waals surface area contributed by atoms with Gasteiger partial charge in [0.2, 0.25) is 5.91 Å². The van der Waals surface area contributed by atoms with Crippen LogP contribution in [0.25, 0.3) is 0 Å². The lowest BCUT2D eigenvalue weighted by atomic mass is 10.0. The van der Waals surface area contributed by atoms with E-state index in [0.717, 1.165) is 17.7 Å². The Morgan fingerprint density at radius 2 is 2.15 bits per heavy atom. The van der Waals surface area contributed by atoms with Crippen molar-refractivity contribution >= 4 is 11.9 Å². The van der Waals surface area contributed by atoms with Gasteiger partial charge in [0.15, 0.2) is 0 Å². The van der Waals surface area contributed by atoms with Gasteiger partial charge in [0, 0.05) is 24.9 Å². The van der Waals surface area contributed by atoms with E-state index in [9.17, 15) is 9.59 Å². The molecule has 1 aromatic rings. The normalized spacial score (nSPS) is 16.7. The average molecular weight is 277 g/mol. The van der Waals surface area contributed by atoms with Crippen molar-refractivity contribution in [2.24, 2.45) is 5.73 Å². The third-order valence-electron chi connectivity index (χ3n) is 3.15. The Morgan fingerprint density at radius 1 is 1.35 bits per heavy atom. The van der Waals surface area contributed by atoms with Crippen molar-refractivity contribution in [1.29, 1.82) is 0 Å². The topological polar surface area (TPSA) is 93.5 Å². The minimum atomic E-state index is -0.356. The standard InChI is InChI=1S/C14H19N3O3/c15-13(18)6-3-8-16-14(19)17-11-7-9-20-12-5-2-1-4-10(11)12/h1-2,4-5,11H,3,6-9H2,(H2,15,18)(H2,16,17,19). The Labute approximate surface area is 117 Å². The van der Waals surface area contributed by atoms with Crippen molar-refractivity contribution in [2.75, 3.05) is 13.2 Å². The van der Waals surface area contributed by atoms with Crippen LogP contribution < -0.4 is 21.1 Å². The molecule has 4 N–H and O–H groups in total. The van der Waals surface area contributed by atoms with Gasteiger partial charge < -0.3 is 21.1 Å². The highest BCUT2D eigenvalue weighted by Crippen LogP contribution is 2.31. The van der Waals surface area contributed by atoms with Crippen molar-refractivity contribution in [2.45, 2.75) is 25.3 Å². The number of hydrogen-bond donors (Lipinski definition) is 3. The third-order valence-corrected chi connectivity index (χ3v) is 3.15. The van der Waals surface area contributed by atoms with Gasteiger partial charge in [-0.3, -0.25) is 4.79 Å². The molecule has 2 rings (SSSR count). The molecule has 3 amide bonds. The Hall–Kier alpha value is -2.24. The minimum Gasteiger partial charge on any atom is -0.493 e. The molecule has 0 saturated heterocycles. The van der Waals surface area contributed by atoms with Crippen molar-refractivity contribution in [3.8, 4) is 5.75 Å². The van der Waals surface area contributed by atoms with E-state index in [0.29, 0.717) is 19.6 Å². The summed E-state index contributed by atoms with van der Waals surface area (Å²) in [6.07, 6.45) is 1.57. The second-order valence-corrected chi connectivity index (χ2v) is 4.70. The summed E-state index contributed by atoms with van der Waals surface area (Å²) in [4.78, 5) is 22.4. The molecular weight excluding hydrogens is 258 g/mol. The zero-order valence-corrected chi connectivity index (χ0v) is 11.2. The summed E-state index contributed by atoms with van der Waals surface area (Å²) >= 11 is 0. The van der Waals surface area contributed by atoms with Crippen LogP contribution in [0.15, 0.2) is 24.3 Å². The van der Waals surface area contributed by atoms with E-state index < -0.39 is 0 Å². The highest BCUT2D eigenvalue weighted by molar-refractivity contribution is 5.75. The number of ether oxygens (including phenoxy) is 1. The molecule has 0 spiro atoms. The molecule has 1 aromatic carbocycles. The summed E-state index contributed by atoms with van der Waals surface area (Å²) in [5.74, 6) is 0.461.